The van der Waals surface area contributed by atoms with Crippen LogP contribution in [-0.4, -0.2) is 22.4 Å². The van der Waals surface area contributed by atoms with Crippen molar-refractivity contribution in [1.29, 1.82) is 0 Å². The van der Waals surface area contributed by atoms with E-state index in [0.717, 1.165) is 12.0 Å². The molecule has 1 aromatic rings. The Balaban J connectivity index is 2.14. The van der Waals surface area contributed by atoms with Crippen molar-refractivity contribution in [3.05, 3.63) is 35.9 Å². The molecule has 0 amide bonds. The molecule has 1 rings (SSSR count). The minimum absolute atomic E-state index is 0.300. The number of hydrogen-bond acceptors (Lipinski definition) is 3. The monoisotopic (exact) mass is 227 g/mol. The molecule has 0 aliphatic rings. The first-order valence-electron chi connectivity index (χ1n) is 4.99. The van der Waals surface area contributed by atoms with Gasteiger partial charge in [-0.25, -0.2) is 0 Å². The van der Waals surface area contributed by atoms with Crippen LogP contribution in [0, 0.1) is 0 Å². The summed E-state index contributed by atoms with van der Waals surface area (Å²) in [6, 6.07) is 9.86. The molecule has 0 aliphatic carbocycles. The maximum atomic E-state index is 11.3. The van der Waals surface area contributed by atoms with Crippen molar-refractivity contribution in [3.8, 4) is 0 Å². The Labute approximate surface area is 93.1 Å². The second kappa shape index (κ2) is 7.56. The number of benzene rings is 1. The quantitative estimate of drug-likeness (QED) is 0.763. The van der Waals surface area contributed by atoms with Gasteiger partial charge in [0.15, 0.2) is 0 Å². The van der Waals surface area contributed by atoms with Crippen molar-refractivity contribution in [2.75, 3.05) is 18.2 Å². The lowest BCUT2D eigenvalue weighted by Gasteiger charge is -2.03. The zero-order valence-corrected chi connectivity index (χ0v) is 9.54. The van der Waals surface area contributed by atoms with Crippen LogP contribution in [0.2, 0.25) is 0 Å². The molecule has 1 atom stereocenters. The van der Waals surface area contributed by atoms with E-state index in [4.69, 9.17) is 10.5 Å². The fourth-order valence-electron chi connectivity index (χ4n) is 1.13. The molecule has 84 valence electrons. The molecule has 0 heterocycles. The van der Waals surface area contributed by atoms with E-state index >= 15 is 0 Å². The Bertz CT molecular complexity index is 290. The third kappa shape index (κ3) is 5.67. The second-order valence-electron chi connectivity index (χ2n) is 3.24. The maximum Gasteiger partial charge on any atom is 0.122 e. The highest BCUT2D eigenvalue weighted by Gasteiger charge is 1.99. The van der Waals surface area contributed by atoms with E-state index in [9.17, 15) is 4.21 Å². The Morgan fingerprint density at radius 1 is 1.27 bits per heavy atom. The molecule has 2 N–H and O–H groups in total. The molecule has 0 saturated carbocycles. The fourth-order valence-corrected chi connectivity index (χ4v) is 2.01. The SMILES string of the molecule is NCCCS(=O)COCc1ccccc1. The smallest absolute Gasteiger partial charge is 0.122 e. The third-order valence-electron chi connectivity index (χ3n) is 1.90. The lowest BCUT2D eigenvalue weighted by molar-refractivity contribution is 0.166. The number of ether oxygens (including phenoxy) is 1. The standard InChI is InChI=1S/C11H17NO2S/c12-7-4-8-15(13)10-14-9-11-5-2-1-3-6-11/h1-3,5-6H,4,7-10,12H2. The molecular weight excluding hydrogens is 210 g/mol. The Kier molecular flexibility index (Phi) is 6.23. The fraction of sp³-hybridized carbons (Fsp3) is 0.455. The average molecular weight is 227 g/mol. The molecule has 0 aliphatic heterocycles. The summed E-state index contributed by atoms with van der Waals surface area (Å²) < 4.78 is 16.7. The molecule has 3 nitrogen and oxygen atoms in total. The molecule has 4 heteroatoms. The van der Waals surface area contributed by atoms with E-state index in [-0.39, 0.29) is 0 Å². The van der Waals surface area contributed by atoms with Crippen LogP contribution >= 0.6 is 0 Å². The zero-order chi connectivity index (χ0) is 10.9. The van der Waals surface area contributed by atoms with Crippen LogP contribution in [0.3, 0.4) is 0 Å². The van der Waals surface area contributed by atoms with Gasteiger partial charge in [-0.05, 0) is 18.5 Å². The number of nitrogens with two attached hydrogens (primary N) is 1. The summed E-state index contributed by atoms with van der Waals surface area (Å²) in [7, 11) is -0.896. The topological polar surface area (TPSA) is 52.3 Å². The second-order valence-corrected chi connectivity index (χ2v) is 4.76. The van der Waals surface area contributed by atoms with Gasteiger partial charge in [-0.15, -0.1) is 0 Å². The number of hydrogen-bond donors (Lipinski definition) is 1. The lowest BCUT2D eigenvalue weighted by Crippen LogP contribution is -2.10. The number of rotatable bonds is 7. The molecule has 1 unspecified atom stereocenters. The molecule has 15 heavy (non-hydrogen) atoms. The largest absolute Gasteiger partial charge is 0.364 e. The molecule has 0 bridgehead atoms. The van der Waals surface area contributed by atoms with Gasteiger partial charge in [0, 0.05) is 16.6 Å². The summed E-state index contributed by atoms with van der Waals surface area (Å²) in [6.07, 6.45) is 0.793. The first kappa shape index (κ1) is 12.4. The van der Waals surface area contributed by atoms with Gasteiger partial charge in [-0.1, -0.05) is 30.3 Å². The average Bonchev–Trinajstić information content (AvgIpc) is 2.28. The van der Waals surface area contributed by atoms with Crippen LogP contribution in [0.4, 0.5) is 0 Å². The first-order chi connectivity index (χ1) is 7.33. The van der Waals surface area contributed by atoms with Crippen LogP contribution in [-0.2, 0) is 22.1 Å². The third-order valence-corrected chi connectivity index (χ3v) is 3.08. The first-order valence-corrected chi connectivity index (χ1v) is 6.48. The Morgan fingerprint density at radius 3 is 2.67 bits per heavy atom. The Hall–Kier alpha value is -0.710. The lowest BCUT2D eigenvalue weighted by atomic mass is 10.2. The van der Waals surface area contributed by atoms with Crippen LogP contribution < -0.4 is 5.73 Å². The summed E-state index contributed by atoms with van der Waals surface area (Å²) >= 11 is 0. The minimum Gasteiger partial charge on any atom is -0.364 e. The highest BCUT2D eigenvalue weighted by atomic mass is 32.2. The molecule has 0 spiro atoms. The van der Waals surface area contributed by atoms with Crippen molar-refractivity contribution < 1.29 is 8.95 Å². The molecule has 1 aromatic carbocycles. The van der Waals surface area contributed by atoms with Gasteiger partial charge in [0.1, 0.15) is 5.94 Å². The van der Waals surface area contributed by atoms with Gasteiger partial charge in [0.25, 0.3) is 0 Å². The van der Waals surface area contributed by atoms with E-state index in [1.54, 1.807) is 0 Å². The minimum atomic E-state index is -0.896. The van der Waals surface area contributed by atoms with Crippen LogP contribution in [0.15, 0.2) is 30.3 Å². The molecule has 0 fully saturated rings. The molecule has 0 radical (unpaired) electrons. The summed E-state index contributed by atoms with van der Waals surface area (Å²) in [4.78, 5) is 0. The van der Waals surface area contributed by atoms with Crippen LogP contribution in [0.5, 0.6) is 0 Å². The molecular formula is C11H17NO2S. The van der Waals surface area contributed by atoms with E-state index < -0.39 is 10.8 Å². The van der Waals surface area contributed by atoms with E-state index in [0.29, 0.717) is 24.8 Å². The summed E-state index contributed by atoms with van der Waals surface area (Å²) in [5, 5.41) is 0. The van der Waals surface area contributed by atoms with Crippen molar-refractivity contribution in [3.63, 3.8) is 0 Å². The maximum absolute atomic E-state index is 11.3. The van der Waals surface area contributed by atoms with Gasteiger partial charge in [-0.2, -0.15) is 0 Å². The summed E-state index contributed by atoms with van der Waals surface area (Å²) in [6.45, 7) is 1.11. The van der Waals surface area contributed by atoms with Crippen molar-refractivity contribution in [2.45, 2.75) is 13.0 Å². The molecule has 0 aromatic heterocycles. The van der Waals surface area contributed by atoms with E-state index in [1.807, 2.05) is 30.3 Å². The van der Waals surface area contributed by atoms with Crippen LogP contribution in [0.25, 0.3) is 0 Å². The van der Waals surface area contributed by atoms with Gasteiger partial charge < -0.3 is 10.5 Å². The summed E-state index contributed by atoms with van der Waals surface area (Å²) in [5.74, 6) is 0.931. The predicted octanol–water partition coefficient (Wildman–Crippen LogP) is 1.26. The normalized spacial score (nSPS) is 12.6. The van der Waals surface area contributed by atoms with E-state index in [2.05, 4.69) is 0 Å². The summed E-state index contributed by atoms with van der Waals surface area (Å²) in [5.41, 5.74) is 6.43. The van der Waals surface area contributed by atoms with E-state index in [1.165, 1.54) is 0 Å². The Morgan fingerprint density at radius 2 is 2.00 bits per heavy atom. The highest BCUT2D eigenvalue weighted by Crippen LogP contribution is 2.01. The van der Waals surface area contributed by atoms with Gasteiger partial charge >= 0.3 is 0 Å². The van der Waals surface area contributed by atoms with Crippen molar-refractivity contribution in [1.82, 2.24) is 0 Å². The highest BCUT2D eigenvalue weighted by molar-refractivity contribution is 7.84. The van der Waals surface area contributed by atoms with Crippen molar-refractivity contribution in [2.24, 2.45) is 5.73 Å². The van der Waals surface area contributed by atoms with Gasteiger partial charge in [0.2, 0.25) is 0 Å². The van der Waals surface area contributed by atoms with Crippen molar-refractivity contribution >= 4 is 10.8 Å². The molecule has 0 saturated heterocycles. The zero-order valence-electron chi connectivity index (χ0n) is 8.72. The van der Waals surface area contributed by atoms with Gasteiger partial charge in [-0.3, -0.25) is 4.21 Å². The predicted molar refractivity (Wildman–Crippen MR) is 62.8 cm³/mol. The van der Waals surface area contributed by atoms with Gasteiger partial charge in [0.05, 0.1) is 6.61 Å². The van der Waals surface area contributed by atoms with Crippen LogP contribution in [0.1, 0.15) is 12.0 Å².